The molecule has 0 aliphatic carbocycles. The second-order valence-electron chi connectivity index (χ2n) is 5.85. The lowest BCUT2D eigenvalue weighted by Gasteiger charge is -2.23. The molecule has 1 spiro atoms. The van der Waals surface area contributed by atoms with E-state index in [1.807, 2.05) is 18.2 Å². The van der Waals surface area contributed by atoms with Gasteiger partial charge in [-0.05, 0) is 24.6 Å². The highest BCUT2D eigenvalue weighted by Crippen LogP contribution is 2.37. The molecule has 22 heavy (non-hydrogen) atoms. The van der Waals surface area contributed by atoms with Crippen LogP contribution in [0.3, 0.4) is 0 Å². The van der Waals surface area contributed by atoms with Crippen LogP contribution in [0.5, 0.6) is 5.75 Å². The zero-order valence-electron chi connectivity index (χ0n) is 12.3. The highest BCUT2D eigenvalue weighted by molar-refractivity contribution is 5.33. The molecule has 0 unspecified atom stereocenters. The minimum absolute atomic E-state index is 0.0841. The Morgan fingerprint density at radius 2 is 2.14 bits per heavy atom. The van der Waals surface area contributed by atoms with E-state index >= 15 is 0 Å². The lowest BCUT2D eigenvalue weighted by atomic mass is 9.98. The maximum absolute atomic E-state index is 6.10. The monoisotopic (exact) mass is 298 g/mol. The first-order chi connectivity index (χ1) is 10.8. The summed E-state index contributed by atoms with van der Waals surface area (Å²) in [7, 11) is 0. The van der Waals surface area contributed by atoms with Gasteiger partial charge in [0.1, 0.15) is 11.9 Å². The molecule has 2 aliphatic heterocycles. The Morgan fingerprint density at radius 3 is 2.95 bits per heavy atom. The minimum atomic E-state index is -0.133. The van der Waals surface area contributed by atoms with E-state index < -0.39 is 0 Å². The van der Waals surface area contributed by atoms with Crippen LogP contribution in [0.4, 0.5) is 5.95 Å². The third-order valence-corrected chi connectivity index (χ3v) is 4.26. The molecule has 0 N–H and O–H groups in total. The minimum Gasteiger partial charge on any atom is -0.486 e. The number of hydrogen-bond acceptors (Lipinski definition) is 6. The van der Waals surface area contributed by atoms with Crippen molar-refractivity contribution in [3.63, 3.8) is 0 Å². The van der Waals surface area contributed by atoms with Gasteiger partial charge in [-0.15, -0.1) is 0 Å². The molecule has 2 aliphatic rings. The van der Waals surface area contributed by atoms with Crippen LogP contribution < -0.4 is 9.64 Å². The number of nitrogens with zero attached hydrogens (tertiary/aromatic N) is 4. The summed E-state index contributed by atoms with van der Waals surface area (Å²) in [4.78, 5) is 14.9. The SMILES string of the molecule is c1cnc(N2CC[C@]3(C[C@@H](Oc4cccnc4)CO3)C2)nc1. The molecule has 4 heterocycles. The quantitative estimate of drug-likeness (QED) is 0.859. The molecule has 2 aromatic rings. The third-order valence-electron chi connectivity index (χ3n) is 4.26. The first-order valence-corrected chi connectivity index (χ1v) is 7.56. The van der Waals surface area contributed by atoms with Crippen molar-refractivity contribution in [2.24, 2.45) is 0 Å². The zero-order valence-corrected chi connectivity index (χ0v) is 12.3. The van der Waals surface area contributed by atoms with Crippen LogP contribution in [0.15, 0.2) is 43.0 Å². The van der Waals surface area contributed by atoms with Gasteiger partial charge in [-0.2, -0.15) is 0 Å². The lowest BCUT2D eigenvalue weighted by molar-refractivity contribution is 0.0195. The van der Waals surface area contributed by atoms with Gasteiger partial charge in [0, 0.05) is 31.6 Å². The van der Waals surface area contributed by atoms with Gasteiger partial charge in [0.25, 0.3) is 0 Å². The highest BCUT2D eigenvalue weighted by Gasteiger charge is 2.47. The van der Waals surface area contributed by atoms with Crippen LogP contribution in [0.2, 0.25) is 0 Å². The van der Waals surface area contributed by atoms with Gasteiger partial charge in [0.05, 0.1) is 24.9 Å². The standard InChI is InChI=1S/C16H18N4O2/c1-3-13(10-17-5-1)22-14-9-16(21-11-14)4-8-20(12-16)15-18-6-2-7-19-15/h1-3,5-7,10,14H,4,8-9,11-12H2/t14-,16+/m1/s1. The normalized spacial score (nSPS) is 27.5. The molecule has 0 radical (unpaired) electrons. The van der Waals surface area contributed by atoms with Crippen LogP contribution in [0.25, 0.3) is 0 Å². The smallest absolute Gasteiger partial charge is 0.225 e. The van der Waals surface area contributed by atoms with E-state index in [0.717, 1.165) is 37.6 Å². The number of rotatable bonds is 3. The van der Waals surface area contributed by atoms with Crippen LogP contribution >= 0.6 is 0 Å². The highest BCUT2D eigenvalue weighted by atomic mass is 16.6. The van der Waals surface area contributed by atoms with Gasteiger partial charge >= 0.3 is 0 Å². The summed E-state index contributed by atoms with van der Waals surface area (Å²) < 4.78 is 12.1. The molecule has 4 rings (SSSR count). The average Bonchev–Trinajstić information content (AvgIpc) is 3.17. The van der Waals surface area contributed by atoms with Crippen molar-refractivity contribution in [2.45, 2.75) is 24.5 Å². The third kappa shape index (κ3) is 2.62. The second-order valence-corrected chi connectivity index (χ2v) is 5.85. The lowest BCUT2D eigenvalue weighted by Crippen LogP contribution is -2.34. The van der Waals surface area contributed by atoms with Gasteiger partial charge < -0.3 is 14.4 Å². The van der Waals surface area contributed by atoms with Gasteiger partial charge in [-0.25, -0.2) is 9.97 Å². The molecule has 0 aromatic carbocycles. The van der Waals surface area contributed by atoms with Gasteiger partial charge in [-0.3, -0.25) is 4.98 Å². The number of ether oxygens (including phenoxy) is 2. The van der Waals surface area contributed by atoms with E-state index in [1.165, 1.54) is 0 Å². The van der Waals surface area contributed by atoms with Crippen molar-refractivity contribution < 1.29 is 9.47 Å². The Kier molecular flexibility index (Phi) is 3.38. The first-order valence-electron chi connectivity index (χ1n) is 7.56. The molecule has 6 heteroatoms. The maximum Gasteiger partial charge on any atom is 0.225 e. The summed E-state index contributed by atoms with van der Waals surface area (Å²) in [5.74, 6) is 1.58. The molecule has 2 saturated heterocycles. The number of aromatic nitrogens is 3. The molecule has 2 atom stereocenters. The summed E-state index contributed by atoms with van der Waals surface area (Å²) in [6.07, 6.45) is 9.00. The molecular weight excluding hydrogens is 280 g/mol. The Hall–Kier alpha value is -2.21. The molecule has 114 valence electrons. The average molecular weight is 298 g/mol. The molecule has 6 nitrogen and oxygen atoms in total. The maximum atomic E-state index is 6.10. The zero-order chi connectivity index (χ0) is 14.8. The Labute approximate surface area is 129 Å². The Bertz CT molecular complexity index is 625. The van der Waals surface area contributed by atoms with E-state index in [2.05, 4.69) is 19.9 Å². The van der Waals surface area contributed by atoms with Crippen molar-refractivity contribution >= 4 is 5.95 Å². The van der Waals surface area contributed by atoms with Crippen molar-refractivity contribution in [3.05, 3.63) is 43.0 Å². The summed E-state index contributed by atoms with van der Waals surface area (Å²) in [6.45, 7) is 2.37. The van der Waals surface area contributed by atoms with Crippen molar-refractivity contribution in [2.75, 3.05) is 24.6 Å². The second kappa shape index (κ2) is 5.53. The molecule has 0 amide bonds. The first kappa shape index (κ1) is 13.5. The van der Waals surface area contributed by atoms with Crippen LogP contribution in [0.1, 0.15) is 12.8 Å². The summed E-state index contributed by atoms with van der Waals surface area (Å²) in [5.41, 5.74) is -0.133. The molecule has 2 aromatic heterocycles. The summed E-state index contributed by atoms with van der Waals surface area (Å²) in [5, 5.41) is 0. The molecule has 0 saturated carbocycles. The Balaban J connectivity index is 1.40. The predicted molar refractivity (Wildman–Crippen MR) is 80.8 cm³/mol. The predicted octanol–water partition coefficient (Wildman–Crippen LogP) is 1.69. The fraction of sp³-hybridized carbons (Fsp3) is 0.438. The van der Waals surface area contributed by atoms with Crippen LogP contribution in [-0.4, -0.2) is 46.4 Å². The fourth-order valence-electron chi connectivity index (χ4n) is 3.24. The van der Waals surface area contributed by atoms with Crippen molar-refractivity contribution in [1.29, 1.82) is 0 Å². The van der Waals surface area contributed by atoms with Crippen LogP contribution in [-0.2, 0) is 4.74 Å². The van der Waals surface area contributed by atoms with Gasteiger partial charge in [0.2, 0.25) is 5.95 Å². The van der Waals surface area contributed by atoms with E-state index in [9.17, 15) is 0 Å². The summed E-state index contributed by atoms with van der Waals surface area (Å²) in [6, 6.07) is 5.64. The number of hydrogen-bond donors (Lipinski definition) is 0. The molecular formula is C16H18N4O2. The fourth-order valence-corrected chi connectivity index (χ4v) is 3.24. The van der Waals surface area contributed by atoms with Gasteiger partial charge in [0.15, 0.2) is 0 Å². The van der Waals surface area contributed by atoms with E-state index in [-0.39, 0.29) is 11.7 Å². The molecule has 2 fully saturated rings. The van der Waals surface area contributed by atoms with E-state index in [1.54, 1.807) is 24.8 Å². The van der Waals surface area contributed by atoms with Crippen molar-refractivity contribution in [3.8, 4) is 5.75 Å². The number of pyridine rings is 1. The van der Waals surface area contributed by atoms with Gasteiger partial charge in [-0.1, -0.05) is 0 Å². The number of anilines is 1. The van der Waals surface area contributed by atoms with Crippen molar-refractivity contribution in [1.82, 2.24) is 15.0 Å². The topological polar surface area (TPSA) is 60.4 Å². The molecule has 0 bridgehead atoms. The van der Waals surface area contributed by atoms with Crippen LogP contribution in [0, 0.1) is 0 Å². The summed E-state index contributed by atoms with van der Waals surface area (Å²) >= 11 is 0. The Morgan fingerprint density at radius 1 is 1.23 bits per heavy atom. The van der Waals surface area contributed by atoms with E-state index in [4.69, 9.17) is 9.47 Å². The van der Waals surface area contributed by atoms with E-state index in [0.29, 0.717) is 6.61 Å². The largest absolute Gasteiger partial charge is 0.486 e.